The maximum Gasteiger partial charge on any atom is 0.308 e. The van der Waals surface area contributed by atoms with Crippen molar-refractivity contribution in [3.63, 3.8) is 0 Å². The van der Waals surface area contributed by atoms with Gasteiger partial charge in [-0.25, -0.2) is 0 Å². The molecule has 1 aliphatic rings. The van der Waals surface area contributed by atoms with Crippen LogP contribution in [0.25, 0.3) is 5.76 Å². The molecule has 0 bridgehead atoms. The second-order valence-electron chi connectivity index (χ2n) is 9.78. The van der Waals surface area contributed by atoms with Crippen molar-refractivity contribution in [2.75, 3.05) is 12.0 Å². The van der Waals surface area contributed by atoms with Crippen LogP contribution in [0.4, 0.5) is 5.69 Å². The molecular formula is C34H29NO7. The maximum atomic E-state index is 13.5. The van der Waals surface area contributed by atoms with Crippen molar-refractivity contribution in [1.29, 1.82) is 0 Å². The van der Waals surface area contributed by atoms with Gasteiger partial charge in [0, 0.05) is 18.2 Å². The van der Waals surface area contributed by atoms with Crippen LogP contribution in [0.15, 0.2) is 103 Å². The molecule has 1 saturated heterocycles. The van der Waals surface area contributed by atoms with E-state index in [4.69, 9.17) is 14.2 Å². The zero-order valence-electron chi connectivity index (χ0n) is 23.4. The summed E-state index contributed by atoms with van der Waals surface area (Å²) in [5.41, 5.74) is 3.07. The number of Topliss-reactive ketones (excluding diaryl/α,β-unsaturated/α-hetero) is 1. The topological polar surface area (TPSA) is 102 Å². The molecule has 1 amide bonds. The third-order valence-corrected chi connectivity index (χ3v) is 6.94. The van der Waals surface area contributed by atoms with E-state index in [1.165, 1.54) is 18.9 Å². The van der Waals surface area contributed by atoms with Crippen LogP contribution in [-0.2, 0) is 21.0 Å². The Morgan fingerprint density at radius 1 is 0.881 bits per heavy atom. The number of aliphatic hydroxyl groups is 1. The van der Waals surface area contributed by atoms with Crippen molar-refractivity contribution in [3.8, 4) is 17.2 Å². The lowest BCUT2D eigenvalue weighted by atomic mass is 9.94. The fourth-order valence-electron chi connectivity index (χ4n) is 4.89. The number of carbonyl (C=O) groups is 3. The van der Waals surface area contributed by atoms with Crippen LogP contribution in [-0.4, -0.2) is 29.9 Å². The van der Waals surface area contributed by atoms with Crippen molar-refractivity contribution in [2.45, 2.75) is 26.5 Å². The molecule has 4 aromatic rings. The Bertz CT molecular complexity index is 1660. The normalized spacial score (nSPS) is 15.9. The van der Waals surface area contributed by atoms with E-state index in [0.717, 1.165) is 11.1 Å². The number of aliphatic hydroxyl groups excluding tert-OH is 1. The largest absolute Gasteiger partial charge is 0.507 e. The molecular weight excluding hydrogens is 534 g/mol. The van der Waals surface area contributed by atoms with E-state index >= 15 is 0 Å². The van der Waals surface area contributed by atoms with Crippen LogP contribution in [0.1, 0.15) is 35.2 Å². The Kier molecular flexibility index (Phi) is 8.06. The van der Waals surface area contributed by atoms with E-state index in [2.05, 4.69) is 0 Å². The summed E-state index contributed by atoms with van der Waals surface area (Å²) in [7, 11) is 1.53. The maximum absolute atomic E-state index is 13.5. The minimum Gasteiger partial charge on any atom is -0.507 e. The first-order chi connectivity index (χ1) is 20.3. The Hall–Kier alpha value is -5.37. The SMILES string of the molecule is COc1ccc(N2C(=O)C(=O)/C(=C(\O)c3ccc(OCc4ccccc4)c(C)c3)C2c2ccc(OC(C)=O)cc2)cc1. The highest BCUT2D eigenvalue weighted by atomic mass is 16.5. The lowest BCUT2D eigenvalue weighted by molar-refractivity contribution is -0.132. The minimum absolute atomic E-state index is 0.0617. The highest BCUT2D eigenvalue weighted by Gasteiger charge is 2.47. The van der Waals surface area contributed by atoms with Gasteiger partial charge in [-0.3, -0.25) is 19.3 Å². The molecule has 1 heterocycles. The quantitative estimate of drug-likeness (QED) is 0.0904. The molecule has 42 heavy (non-hydrogen) atoms. The molecule has 1 atom stereocenters. The average molecular weight is 564 g/mol. The first-order valence-corrected chi connectivity index (χ1v) is 13.3. The number of ether oxygens (including phenoxy) is 3. The summed E-state index contributed by atoms with van der Waals surface area (Å²) in [5.74, 6) is -0.853. The van der Waals surface area contributed by atoms with Crippen LogP contribution in [0.2, 0.25) is 0 Å². The van der Waals surface area contributed by atoms with Crippen molar-refractivity contribution < 1.29 is 33.7 Å². The monoisotopic (exact) mass is 563 g/mol. The molecule has 4 aromatic carbocycles. The summed E-state index contributed by atoms with van der Waals surface area (Å²) >= 11 is 0. The summed E-state index contributed by atoms with van der Waals surface area (Å²) < 4.78 is 16.4. The van der Waals surface area contributed by atoms with Gasteiger partial charge in [0.2, 0.25) is 0 Å². The molecule has 1 unspecified atom stereocenters. The fraction of sp³-hybridized carbons (Fsp3) is 0.147. The molecule has 212 valence electrons. The fourth-order valence-corrected chi connectivity index (χ4v) is 4.89. The number of ketones is 1. The molecule has 0 aliphatic carbocycles. The van der Waals surface area contributed by atoms with Gasteiger partial charge >= 0.3 is 5.97 Å². The number of anilines is 1. The Morgan fingerprint density at radius 2 is 1.55 bits per heavy atom. The molecule has 0 radical (unpaired) electrons. The van der Waals surface area contributed by atoms with Gasteiger partial charge in [-0.1, -0.05) is 42.5 Å². The van der Waals surface area contributed by atoms with E-state index in [1.807, 2.05) is 37.3 Å². The number of amides is 1. The third kappa shape index (κ3) is 5.74. The van der Waals surface area contributed by atoms with E-state index < -0.39 is 23.7 Å². The smallest absolute Gasteiger partial charge is 0.308 e. The van der Waals surface area contributed by atoms with Gasteiger partial charge in [0.1, 0.15) is 29.6 Å². The summed E-state index contributed by atoms with van der Waals surface area (Å²) in [6.45, 7) is 3.52. The van der Waals surface area contributed by atoms with E-state index in [0.29, 0.717) is 40.7 Å². The summed E-state index contributed by atoms with van der Waals surface area (Å²) in [4.78, 5) is 39.7. The first-order valence-electron chi connectivity index (χ1n) is 13.3. The van der Waals surface area contributed by atoms with E-state index in [-0.39, 0.29) is 11.3 Å². The molecule has 8 heteroatoms. The van der Waals surface area contributed by atoms with Gasteiger partial charge in [-0.05, 0) is 78.2 Å². The second-order valence-corrected chi connectivity index (χ2v) is 9.78. The third-order valence-electron chi connectivity index (χ3n) is 6.94. The predicted molar refractivity (Wildman–Crippen MR) is 157 cm³/mol. The number of hydrogen-bond donors (Lipinski definition) is 1. The minimum atomic E-state index is -0.945. The summed E-state index contributed by atoms with van der Waals surface area (Å²) in [6, 6.07) is 27.1. The van der Waals surface area contributed by atoms with Crippen LogP contribution in [0.3, 0.4) is 0 Å². The number of methoxy groups -OCH3 is 1. The molecule has 0 spiro atoms. The van der Waals surface area contributed by atoms with Crippen LogP contribution >= 0.6 is 0 Å². The van der Waals surface area contributed by atoms with Crippen LogP contribution in [0, 0.1) is 6.92 Å². The number of hydrogen-bond acceptors (Lipinski definition) is 7. The van der Waals surface area contributed by atoms with Gasteiger partial charge in [-0.15, -0.1) is 0 Å². The first kappa shape index (κ1) is 28.2. The van der Waals surface area contributed by atoms with Crippen molar-refractivity contribution in [3.05, 3.63) is 125 Å². The van der Waals surface area contributed by atoms with E-state index in [9.17, 15) is 19.5 Å². The lowest BCUT2D eigenvalue weighted by Gasteiger charge is -2.25. The number of carbonyl (C=O) groups excluding carboxylic acids is 3. The molecule has 8 nitrogen and oxygen atoms in total. The number of aryl methyl sites for hydroxylation is 1. The van der Waals surface area contributed by atoms with Gasteiger partial charge in [-0.2, -0.15) is 0 Å². The zero-order chi connectivity index (χ0) is 29.8. The van der Waals surface area contributed by atoms with Crippen LogP contribution in [0.5, 0.6) is 17.2 Å². The second kappa shape index (κ2) is 12.0. The molecule has 0 saturated carbocycles. The molecule has 1 N–H and O–H groups in total. The number of benzene rings is 4. The Morgan fingerprint density at radius 3 is 2.17 bits per heavy atom. The van der Waals surface area contributed by atoms with Crippen molar-refractivity contribution in [2.24, 2.45) is 0 Å². The van der Waals surface area contributed by atoms with Gasteiger partial charge in [0.15, 0.2) is 0 Å². The number of rotatable bonds is 8. The van der Waals surface area contributed by atoms with Crippen molar-refractivity contribution >= 4 is 29.1 Å². The molecule has 0 aromatic heterocycles. The average Bonchev–Trinajstić information content (AvgIpc) is 3.26. The molecule has 1 fully saturated rings. The number of nitrogens with zero attached hydrogens (tertiary/aromatic N) is 1. The van der Waals surface area contributed by atoms with Gasteiger partial charge in [0.25, 0.3) is 11.7 Å². The summed E-state index contributed by atoms with van der Waals surface area (Å²) in [6.07, 6.45) is 0. The molecule has 5 rings (SSSR count). The van der Waals surface area contributed by atoms with Crippen molar-refractivity contribution in [1.82, 2.24) is 0 Å². The Labute approximate surface area is 243 Å². The summed E-state index contributed by atoms with van der Waals surface area (Å²) in [5, 5.41) is 11.5. The lowest BCUT2D eigenvalue weighted by Crippen LogP contribution is -2.29. The standard InChI is InChI=1S/C34H29NO7/c1-21-19-25(11-18-29(21)41-20-23-7-5-4-6-8-23)32(37)30-31(24-9-14-28(15-10-24)42-22(2)36)35(34(39)33(30)38)26-12-16-27(40-3)17-13-26/h4-19,31,37H,20H2,1-3H3/b32-30-. The van der Waals surface area contributed by atoms with Gasteiger partial charge in [0.05, 0.1) is 18.7 Å². The Balaban J connectivity index is 1.55. The number of esters is 1. The van der Waals surface area contributed by atoms with E-state index in [1.54, 1.807) is 66.7 Å². The highest BCUT2D eigenvalue weighted by Crippen LogP contribution is 2.43. The molecule has 1 aliphatic heterocycles. The predicted octanol–water partition coefficient (Wildman–Crippen LogP) is 6.13. The highest BCUT2D eigenvalue weighted by molar-refractivity contribution is 6.51. The van der Waals surface area contributed by atoms with Crippen LogP contribution < -0.4 is 19.1 Å². The zero-order valence-corrected chi connectivity index (χ0v) is 23.4. The van der Waals surface area contributed by atoms with Gasteiger partial charge < -0.3 is 19.3 Å².